The fraction of sp³-hybridized carbons (Fsp3) is 0.412. The largest absolute Gasteiger partial charge is 0.356 e. The van der Waals surface area contributed by atoms with Gasteiger partial charge in [0.1, 0.15) is 5.69 Å². The number of thiophene rings is 1. The summed E-state index contributed by atoms with van der Waals surface area (Å²) in [5, 5.41) is 5.07. The first-order valence-corrected chi connectivity index (χ1v) is 8.78. The second kappa shape index (κ2) is 7.10. The van der Waals surface area contributed by atoms with Crippen molar-refractivity contribution in [3.05, 3.63) is 45.9 Å². The quantitative estimate of drug-likeness (QED) is 0.800. The van der Waals surface area contributed by atoms with Crippen molar-refractivity contribution in [2.45, 2.75) is 25.8 Å². The lowest BCUT2D eigenvalue weighted by atomic mass is 10.2. The molecule has 6 heteroatoms. The molecule has 23 heavy (non-hydrogen) atoms. The molecule has 2 aromatic rings. The van der Waals surface area contributed by atoms with E-state index in [0.717, 1.165) is 13.1 Å². The lowest BCUT2D eigenvalue weighted by molar-refractivity contribution is 0.0934. The molecule has 0 saturated carbocycles. The third kappa shape index (κ3) is 3.71. The molecule has 1 aliphatic rings. The van der Waals surface area contributed by atoms with Crippen molar-refractivity contribution in [3.63, 3.8) is 0 Å². The first-order chi connectivity index (χ1) is 11.1. The number of carbonyl (C=O) groups is 2. The molecule has 1 fully saturated rings. The normalized spacial score (nSPS) is 16.4. The molecule has 122 valence electrons. The number of H-pyrrole nitrogens is 1. The van der Waals surface area contributed by atoms with Gasteiger partial charge in [0.2, 0.25) is 0 Å². The van der Waals surface area contributed by atoms with Crippen molar-refractivity contribution in [2.24, 2.45) is 0 Å². The van der Waals surface area contributed by atoms with Crippen molar-refractivity contribution in [1.82, 2.24) is 15.2 Å². The standard InChI is InChI=1S/C17H21N3O2S/c1-12(21)13-9-14(18-10-13)17(22)19-11-15(16-5-4-8-23-16)20-6-2-3-7-20/h4-5,8-10,15,18H,2-3,6-7,11H2,1H3,(H,19,22)/t15-/m1/s1. The number of aromatic amines is 1. The monoisotopic (exact) mass is 331 g/mol. The van der Waals surface area contributed by atoms with Gasteiger partial charge in [0.25, 0.3) is 5.91 Å². The molecule has 0 unspecified atom stereocenters. The molecule has 1 amide bonds. The minimum absolute atomic E-state index is 0.0474. The van der Waals surface area contributed by atoms with Crippen LogP contribution in [-0.4, -0.2) is 41.2 Å². The summed E-state index contributed by atoms with van der Waals surface area (Å²) in [6.07, 6.45) is 4.01. The van der Waals surface area contributed by atoms with Crippen LogP contribution in [0.4, 0.5) is 0 Å². The van der Waals surface area contributed by atoms with Crippen LogP contribution in [-0.2, 0) is 0 Å². The first-order valence-electron chi connectivity index (χ1n) is 7.90. The molecule has 3 heterocycles. The average Bonchev–Trinajstić information content (AvgIpc) is 3.29. The minimum Gasteiger partial charge on any atom is -0.356 e. The fourth-order valence-electron chi connectivity index (χ4n) is 2.96. The molecular weight excluding hydrogens is 310 g/mol. The van der Waals surface area contributed by atoms with E-state index in [1.54, 1.807) is 23.6 Å². The van der Waals surface area contributed by atoms with Gasteiger partial charge < -0.3 is 10.3 Å². The number of rotatable bonds is 6. The molecular formula is C17H21N3O2S. The van der Waals surface area contributed by atoms with Crippen molar-refractivity contribution < 1.29 is 9.59 Å². The zero-order valence-electron chi connectivity index (χ0n) is 13.2. The second-order valence-electron chi connectivity index (χ2n) is 5.84. The van der Waals surface area contributed by atoms with Crippen molar-refractivity contribution in [1.29, 1.82) is 0 Å². The molecule has 2 N–H and O–H groups in total. The van der Waals surface area contributed by atoms with Crippen LogP contribution in [0.3, 0.4) is 0 Å². The molecule has 1 aliphatic heterocycles. The van der Waals surface area contributed by atoms with Gasteiger partial charge in [-0.15, -0.1) is 11.3 Å². The predicted molar refractivity (Wildman–Crippen MR) is 91.0 cm³/mol. The Morgan fingerprint density at radius 1 is 1.39 bits per heavy atom. The summed E-state index contributed by atoms with van der Waals surface area (Å²) < 4.78 is 0. The van der Waals surface area contributed by atoms with E-state index in [0.29, 0.717) is 17.8 Å². The summed E-state index contributed by atoms with van der Waals surface area (Å²) in [5.41, 5.74) is 0.964. The summed E-state index contributed by atoms with van der Waals surface area (Å²) in [6.45, 7) is 4.23. The molecule has 1 atom stereocenters. The smallest absolute Gasteiger partial charge is 0.267 e. The van der Waals surface area contributed by atoms with Crippen LogP contribution in [0.15, 0.2) is 29.8 Å². The van der Waals surface area contributed by atoms with Gasteiger partial charge >= 0.3 is 0 Å². The van der Waals surface area contributed by atoms with Gasteiger partial charge in [-0.2, -0.15) is 0 Å². The van der Waals surface area contributed by atoms with Crippen LogP contribution in [0.1, 0.15) is 51.5 Å². The molecule has 0 aromatic carbocycles. The Morgan fingerprint density at radius 3 is 2.78 bits per heavy atom. The summed E-state index contributed by atoms with van der Waals surface area (Å²) in [7, 11) is 0. The molecule has 0 bridgehead atoms. The average molecular weight is 331 g/mol. The maximum absolute atomic E-state index is 12.3. The maximum Gasteiger partial charge on any atom is 0.267 e. The fourth-order valence-corrected chi connectivity index (χ4v) is 3.82. The highest BCUT2D eigenvalue weighted by Crippen LogP contribution is 2.27. The third-order valence-corrected chi connectivity index (χ3v) is 5.22. The number of carbonyl (C=O) groups excluding carboxylic acids is 2. The highest BCUT2D eigenvalue weighted by molar-refractivity contribution is 7.10. The van der Waals surface area contributed by atoms with E-state index < -0.39 is 0 Å². The predicted octanol–water partition coefficient (Wildman–Crippen LogP) is 2.85. The SMILES string of the molecule is CC(=O)c1c[nH]c(C(=O)NC[C@H](c2cccs2)N2CCCC2)c1. The number of amides is 1. The van der Waals surface area contributed by atoms with E-state index in [1.165, 1.54) is 24.6 Å². The number of aromatic nitrogens is 1. The Kier molecular flexibility index (Phi) is 4.93. The number of likely N-dealkylation sites (tertiary alicyclic amines) is 1. The molecule has 5 nitrogen and oxygen atoms in total. The number of nitrogens with one attached hydrogen (secondary N) is 2. The van der Waals surface area contributed by atoms with Gasteiger partial charge in [-0.3, -0.25) is 14.5 Å². The van der Waals surface area contributed by atoms with E-state index >= 15 is 0 Å². The molecule has 0 spiro atoms. The zero-order valence-corrected chi connectivity index (χ0v) is 14.0. The van der Waals surface area contributed by atoms with Crippen LogP contribution < -0.4 is 5.32 Å². The number of hydrogen-bond donors (Lipinski definition) is 2. The van der Waals surface area contributed by atoms with Gasteiger partial charge in [0, 0.05) is 23.2 Å². The Bertz CT molecular complexity index is 672. The van der Waals surface area contributed by atoms with Crippen molar-refractivity contribution in [2.75, 3.05) is 19.6 Å². The minimum atomic E-state index is -0.168. The summed E-state index contributed by atoms with van der Waals surface area (Å²) >= 11 is 1.73. The van der Waals surface area contributed by atoms with Crippen molar-refractivity contribution >= 4 is 23.0 Å². The topological polar surface area (TPSA) is 65.2 Å². The van der Waals surface area contributed by atoms with Gasteiger partial charge in [-0.1, -0.05) is 6.07 Å². The molecule has 3 rings (SSSR count). The van der Waals surface area contributed by atoms with Crippen LogP contribution in [0.5, 0.6) is 0 Å². The Labute approximate surface area is 139 Å². The van der Waals surface area contributed by atoms with E-state index in [1.807, 2.05) is 0 Å². The Balaban J connectivity index is 1.65. The Morgan fingerprint density at radius 2 is 2.17 bits per heavy atom. The van der Waals surface area contributed by atoms with Gasteiger partial charge in [0.05, 0.1) is 6.04 Å². The first kappa shape index (κ1) is 16.0. The lowest BCUT2D eigenvalue weighted by Crippen LogP contribution is -2.36. The summed E-state index contributed by atoms with van der Waals surface area (Å²) in [5.74, 6) is -0.216. The number of Topliss-reactive ketones (excluding diaryl/α,β-unsaturated/α-hetero) is 1. The molecule has 2 aromatic heterocycles. The molecule has 1 saturated heterocycles. The van der Waals surface area contributed by atoms with E-state index in [9.17, 15) is 9.59 Å². The van der Waals surface area contributed by atoms with Crippen LogP contribution in [0.2, 0.25) is 0 Å². The van der Waals surface area contributed by atoms with E-state index in [-0.39, 0.29) is 17.7 Å². The second-order valence-corrected chi connectivity index (χ2v) is 6.82. The third-order valence-electron chi connectivity index (χ3n) is 4.24. The van der Waals surface area contributed by atoms with Crippen LogP contribution >= 0.6 is 11.3 Å². The highest BCUT2D eigenvalue weighted by atomic mass is 32.1. The number of ketones is 1. The molecule has 0 radical (unpaired) electrons. The van der Waals surface area contributed by atoms with Crippen LogP contribution in [0.25, 0.3) is 0 Å². The van der Waals surface area contributed by atoms with Gasteiger partial charge in [0.15, 0.2) is 5.78 Å². The van der Waals surface area contributed by atoms with Gasteiger partial charge in [-0.05, 0) is 50.4 Å². The maximum atomic E-state index is 12.3. The van der Waals surface area contributed by atoms with Crippen molar-refractivity contribution in [3.8, 4) is 0 Å². The number of nitrogens with zero attached hydrogens (tertiary/aromatic N) is 1. The van der Waals surface area contributed by atoms with E-state index in [4.69, 9.17) is 0 Å². The molecule has 0 aliphatic carbocycles. The van der Waals surface area contributed by atoms with Gasteiger partial charge in [-0.25, -0.2) is 0 Å². The summed E-state index contributed by atoms with van der Waals surface area (Å²) in [6, 6.07) is 6.01. The Hall–Kier alpha value is -1.92. The summed E-state index contributed by atoms with van der Waals surface area (Å²) in [4.78, 5) is 30.2. The number of hydrogen-bond acceptors (Lipinski definition) is 4. The lowest BCUT2D eigenvalue weighted by Gasteiger charge is -2.26. The van der Waals surface area contributed by atoms with Crippen LogP contribution in [0, 0.1) is 0 Å². The highest BCUT2D eigenvalue weighted by Gasteiger charge is 2.25. The van der Waals surface area contributed by atoms with E-state index in [2.05, 4.69) is 32.7 Å². The zero-order chi connectivity index (χ0) is 16.2.